The highest BCUT2D eigenvalue weighted by molar-refractivity contribution is 5.91. The minimum Gasteiger partial charge on any atom is -0.463 e. The standard InChI is InChI=1S/C34H37F2N7O2/c1-20(35)32(44)43-14-13-41(18-23(43)7-10-37)31-26-17-38-29(24-6-2-5-21-15-22-16-25(22)27(21)24)28(36)30(26)39-33(40-31)45-19-34-8-3-11-42(34)12-4-9-34/h2,5-6,17,22-23,25,31H,1,3-4,7-9,11-16,18-19H2,(H,39,40)/t22-,23+,25+,31?/m1/s1. The molecule has 234 valence electrons. The van der Waals surface area contributed by atoms with Gasteiger partial charge in [-0.25, -0.2) is 8.78 Å². The Hall–Kier alpha value is -3.88. The topological polar surface area (TPSA) is 97.1 Å². The molecule has 11 heteroatoms. The number of rotatable bonds is 6. The molecule has 2 aliphatic carbocycles. The monoisotopic (exact) mass is 613 g/mol. The number of hydrogen-bond acceptors (Lipinski definition) is 8. The quantitative estimate of drug-likeness (QED) is 0.473. The molecule has 4 fully saturated rings. The highest BCUT2D eigenvalue weighted by Crippen LogP contribution is 2.58. The van der Waals surface area contributed by atoms with E-state index >= 15 is 4.39 Å². The molecule has 0 radical (unpaired) electrons. The molecule has 1 aromatic carbocycles. The van der Waals surface area contributed by atoms with Gasteiger partial charge in [-0.05, 0) is 74.6 Å². The number of aromatic nitrogens is 1. The van der Waals surface area contributed by atoms with Crippen molar-refractivity contribution in [2.75, 3.05) is 39.3 Å². The fourth-order valence-corrected chi connectivity index (χ4v) is 8.71. The smallest absolute Gasteiger partial charge is 0.291 e. The molecule has 0 bridgehead atoms. The van der Waals surface area contributed by atoms with Crippen molar-refractivity contribution in [1.82, 2.24) is 25.0 Å². The van der Waals surface area contributed by atoms with E-state index in [1.165, 1.54) is 16.0 Å². The lowest BCUT2D eigenvalue weighted by Crippen LogP contribution is -2.58. The zero-order chi connectivity index (χ0) is 30.9. The molecular weight excluding hydrogens is 576 g/mol. The van der Waals surface area contributed by atoms with E-state index in [9.17, 15) is 14.4 Å². The molecule has 4 aliphatic heterocycles. The number of amides is 1. The molecule has 6 aliphatic rings. The van der Waals surface area contributed by atoms with Crippen LogP contribution in [0.2, 0.25) is 0 Å². The summed E-state index contributed by atoms with van der Waals surface area (Å²) < 4.78 is 37.0. The number of aliphatic imine (C=N–C) groups is 1. The predicted octanol–water partition coefficient (Wildman–Crippen LogP) is 4.69. The molecular formula is C34H37F2N7O2. The SMILES string of the molecule is C=C(F)C(=O)N1CCN(C2NC(OCC34CCCN3CCC4)=Nc3c2cnc(-c2cccc4c2[C@H]2C[C@H]2C4)c3F)C[C@@H]1CC#N. The van der Waals surface area contributed by atoms with Gasteiger partial charge in [-0.2, -0.15) is 10.3 Å². The van der Waals surface area contributed by atoms with E-state index in [0.717, 1.165) is 57.2 Å². The Balaban J connectivity index is 1.15. The Bertz CT molecular complexity index is 1640. The highest BCUT2D eigenvalue weighted by atomic mass is 19.1. The molecule has 45 heavy (non-hydrogen) atoms. The number of hydrogen-bond donors (Lipinski definition) is 1. The number of pyridine rings is 1. The summed E-state index contributed by atoms with van der Waals surface area (Å²) in [6.45, 7) is 6.59. The summed E-state index contributed by atoms with van der Waals surface area (Å²) in [5.41, 5.74) is 4.38. The van der Waals surface area contributed by atoms with Gasteiger partial charge >= 0.3 is 0 Å². The molecule has 1 amide bonds. The molecule has 1 aromatic heterocycles. The van der Waals surface area contributed by atoms with Crippen LogP contribution in [-0.4, -0.2) is 82.5 Å². The van der Waals surface area contributed by atoms with E-state index in [2.05, 4.69) is 28.9 Å². The predicted molar refractivity (Wildman–Crippen MR) is 163 cm³/mol. The molecule has 8 rings (SSSR count). The molecule has 1 unspecified atom stereocenters. The number of carbonyl (C=O) groups excluding carboxylic acids is 1. The van der Waals surface area contributed by atoms with E-state index in [1.54, 1.807) is 6.20 Å². The van der Waals surface area contributed by atoms with Crippen molar-refractivity contribution in [2.45, 2.75) is 68.6 Å². The minimum atomic E-state index is -1.05. The summed E-state index contributed by atoms with van der Waals surface area (Å²) in [5, 5.41) is 12.9. The van der Waals surface area contributed by atoms with Gasteiger partial charge in [0.05, 0.1) is 24.1 Å². The Morgan fingerprint density at radius 3 is 2.82 bits per heavy atom. The molecule has 3 saturated heterocycles. The molecule has 9 nitrogen and oxygen atoms in total. The molecule has 1 N–H and O–H groups in total. The van der Waals surface area contributed by atoms with E-state index in [-0.39, 0.29) is 36.8 Å². The summed E-state index contributed by atoms with van der Waals surface area (Å²) in [4.78, 5) is 27.9. The third-order valence-electron chi connectivity index (χ3n) is 11.0. The zero-order valence-corrected chi connectivity index (χ0v) is 25.3. The maximum absolute atomic E-state index is 16.7. The third kappa shape index (κ3) is 4.72. The van der Waals surface area contributed by atoms with Crippen LogP contribution in [0.15, 0.2) is 41.8 Å². The number of benzene rings is 1. The van der Waals surface area contributed by atoms with Crippen LogP contribution in [0.3, 0.4) is 0 Å². The van der Waals surface area contributed by atoms with Gasteiger partial charge in [0, 0.05) is 37.0 Å². The summed E-state index contributed by atoms with van der Waals surface area (Å²) >= 11 is 0. The van der Waals surface area contributed by atoms with Gasteiger partial charge in [0.15, 0.2) is 11.6 Å². The van der Waals surface area contributed by atoms with Crippen LogP contribution < -0.4 is 5.32 Å². The third-order valence-corrected chi connectivity index (χ3v) is 11.0. The van der Waals surface area contributed by atoms with Crippen LogP contribution in [0.1, 0.15) is 67.3 Å². The maximum Gasteiger partial charge on any atom is 0.291 e. The van der Waals surface area contributed by atoms with Crippen LogP contribution in [0, 0.1) is 23.1 Å². The summed E-state index contributed by atoms with van der Waals surface area (Å²) in [7, 11) is 0. The number of piperazine rings is 1. The molecule has 5 heterocycles. The lowest BCUT2D eigenvalue weighted by Gasteiger charge is -2.44. The van der Waals surface area contributed by atoms with Crippen molar-refractivity contribution in [3.05, 3.63) is 59.3 Å². The van der Waals surface area contributed by atoms with Crippen LogP contribution in [0.4, 0.5) is 14.5 Å². The fraction of sp³-hybridized carbons (Fsp3) is 0.529. The van der Waals surface area contributed by atoms with Crippen LogP contribution in [0.5, 0.6) is 0 Å². The Morgan fingerprint density at radius 2 is 2.04 bits per heavy atom. The first-order valence-electron chi connectivity index (χ1n) is 16.2. The van der Waals surface area contributed by atoms with Crippen molar-refractivity contribution in [1.29, 1.82) is 5.26 Å². The Morgan fingerprint density at radius 1 is 1.22 bits per heavy atom. The van der Waals surface area contributed by atoms with E-state index in [0.29, 0.717) is 36.2 Å². The number of amidine groups is 1. The average molecular weight is 614 g/mol. The van der Waals surface area contributed by atoms with Gasteiger partial charge in [0.1, 0.15) is 24.2 Å². The number of halogens is 2. The number of fused-ring (bicyclic) bond motifs is 5. The lowest BCUT2D eigenvalue weighted by molar-refractivity contribution is -0.134. The maximum atomic E-state index is 16.7. The van der Waals surface area contributed by atoms with Crippen molar-refractivity contribution in [2.24, 2.45) is 10.9 Å². The first-order valence-corrected chi connectivity index (χ1v) is 16.2. The number of carbonyl (C=O) groups is 1. The minimum absolute atomic E-state index is 0.0219. The van der Waals surface area contributed by atoms with E-state index in [4.69, 9.17) is 14.7 Å². The van der Waals surface area contributed by atoms with Crippen molar-refractivity contribution in [3.8, 4) is 17.3 Å². The molecule has 0 spiro atoms. The lowest BCUT2D eigenvalue weighted by atomic mass is 9.95. The first kappa shape index (κ1) is 28.6. The molecule has 4 atom stereocenters. The van der Waals surface area contributed by atoms with Gasteiger partial charge in [-0.1, -0.05) is 24.8 Å². The number of nitrogens with zero attached hydrogens (tertiary/aromatic N) is 6. The van der Waals surface area contributed by atoms with E-state index in [1.807, 2.05) is 17.0 Å². The second-order valence-electron chi connectivity index (χ2n) is 13.5. The van der Waals surface area contributed by atoms with Gasteiger partial charge in [0.2, 0.25) is 0 Å². The zero-order valence-electron chi connectivity index (χ0n) is 25.3. The second-order valence-corrected chi connectivity index (χ2v) is 13.5. The Kier molecular flexibility index (Phi) is 6.91. The van der Waals surface area contributed by atoms with Gasteiger partial charge < -0.3 is 15.0 Å². The second kappa shape index (κ2) is 10.9. The Labute approximate surface area is 261 Å². The average Bonchev–Trinajstić information content (AvgIpc) is 3.32. The van der Waals surface area contributed by atoms with E-state index < -0.39 is 29.8 Å². The number of nitriles is 1. The van der Waals surface area contributed by atoms with Crippen molar-refractivity contribution >= 4 is 17.6 Å². The largest absolute Gasteiger partial charge is 0.463 e. The molecule has 2 aromatic rings. The highest BCUT2D eigenvalue weighted by Gasteiger charge is 2.48. The first-order chi connectivity index (χ1) is 21.9. The molecule has 1 saturated carbocycles. The fourth-order valence-electron chi connectivity index (χ4n) is 8.71. The summed E-state index contributed by atoms with van der Waals surface area (Å²) in [6, 6.07) is 7.91. The van der Waals surface area contributed by atoms with Gasteiger partial charge in [-0.15, -0.1) is 0 Å². The number of ether oxygens (including phenoxy) is 1. The normalized spacial score (nSPS) is 27.8. The van der Waals surface area contributed by atoms with Gasteiger partial charge in [-0.3, -0.25) is 19.6 Å². The summed E-state index contributed by atoms with van der Waals surface area (Å²) in [6.07, 6.45) is 7.74. The van der Waals surface area contributed by atoms with Crippen molar-refractivity contribution < 1.29 is 18.3 Å². The van der Waals surface area contributed by atoms with Crippen molar-refractivity contribution in [3.63, 3.8) is 0 Å². The van der Waals surface area contributed by atoms with Crippen LogP contribution >= 0.6 is 0 Å². The summed E-state index contributed by atoms with van der Waals surface area (Å²) in [5.74, 6) is -1.21. The number of nitrogens with one attached hydrogen (secondary N) is 1. The van der Waals surface area contributed by atoms with Gasteiger partial charge in [0.25, 0.3) is 11.9 Å². The van der Waals surface area contributed by atoms with Crippen LogP contribution in [-0.2, 0) is 16.0 Å². The van der Waals surface area contributed by atoms with Crippen LogP contribution in [0.25, 0.3) is 11.3 Å².